The summed E-state index contributed by atoms with van der Waals surface area (Å²) in [5.41, 5.74) is 8.60. The average Bonchev–Trinajstić information content (AvgIpc) is 3.98. The van der Waals surface area contributed by atoms with E-state index in [4.69, 9.17) is 0 Å². The van der Waals surface area contributed by atoms with Crippen molar-refractivity contribution in [1.29, 1.82) is 0 Å². The lowest BCUT2D eigenvalue weighted by atomic mass is 10.0. The van der Waals surface area contributed by atoms with Gasteiger partial charge in [-0.25, -0.2) is 4.99 Å². The molecule has 6 heterocycles. The van der Waals surface area contributed by atoms with E-state index in [1.807, 2.05) is 72.9 Å². The number of anilines is 1. The summed E-state index contributed by atoms with van der Waals surface area (Å²) < 4.78 is 0. The van der Waals surface area contributed by atoms with Gasteiger partial charge in [0.2, 0.25) is 0 Å². The van der Waals surface area contributed by atoms with Gasteiger partial charge >= 0.3 is 0 Å². The Morgan fingerprint density at radius 1 is 0.608 bits per heavy atom. The minimum Gasteiger partial charge on any atom is -0.508 e. The number of amides is 2. The third-order valence-electron chi connectivity index (χ3n) is 9.35. The van der Waals surface area contributed by atoms with Gasteiger partial charge in [0.15, 0.2) is 5.88 Å². The van der Waals surface area contributed by atoms with Gasteiger partial charge in [-0.05, 0) is 48.5 Å². The van der Waals surface area contributed by atoms with Crippen molar-refractivity contribution in [1.82, 2.24) is 19.9 Å². The molecular formula is C41H28N6O4. The fraction of sp³-hybridized carbons (Fsp3) is 0. The Bertz CT molecular complexity index is 3000. The number of nitrogens with zero attached hydrogens (tertiary/aromatic N) is 1. The first kappa shape index (κ1) is 29.8. The molecule has 8 aromatic rings. The van der Waals surface area contributed by atoms with Crippen LogP contribution in [0, 0.1) is 0 Å². The number of aromatic amines is 4. The van der Waals surface area contributed by atoms with Crippen molar-refractivity contribution in [2.24, 2.45) is 4.99 Å². The van der Waals surface area contributed by atoms with E-state index in [-0.39, 0.29) is 23.4 Å². The molecule has 4 aromatic heterocycles. The van der Waals surface area contributed by atoms with Crippen LogP contribution in [0.25, 0.3) is 62.0 Å². The molecule has 0 spiro atoms. The highest BCUT2D eigenvalue weighted by Gasteiger charge is 2.26. The molecule has 2 amide bonds. The van der Waals surface area contributed by atoms with Crippen LogP contribution in [0.2, 0.25) is 0 Å². The number of para-hydroxylation sites is 3. The van der Waals surface area contributed by atoms with Crippen molar-refractivity contribution < 1.29 is 19.8 Å². The predicted molar refractivity (Wildman–Crippen MR) is 197 cm³/mol. The molecule has 0 aliphatic carbocycles. The first-order valence-electron chi connectivity index (χ1n) is 16.2. The molecule has 51 heavy (non-hydrogen) atoms. The lowest BCUT2D eigenvalue weighted by Gasteiger charge is -1.97. The number of hydrogen-bond acceptors (Lipinski definition) is 4. The molecule has 0 unspecified atom stereocenters. The van der Waals surface area contributed by atoms with Crippen molar-refractivity contribution in [2.75, 3.05) is 5.32 Å². The van der Waals surface area contributed by atoms with E-state index in [9.17, 15) is 19.8 Å². The Kier molecular flexibility index (Phi) is 6.65. The summed E-state index contributed by atoms with van der Waals surface area (Å²) in [5, 5.41) is 27.9. The van der Waals surface area contributed by atoms with Crippen LogP contribution in [0.3, 0.4) is 0 Å². The van der Waals surface area contributed by atoms with Crippen LogP contribution in [0.1, 0.15) is 11.1 Å². The summed E-state index contributed by atoms with van der Waals surface area (Å²) in [6.07, 6.45) is 3.77. The van der Waals surface area contributed by atoms with Crippen LogP contribution >= 0.6 is 0 Å². The number of carbonyl (C=O) groups is 2. The molecule has 2 aliphatic rings. The van der Waals surface area contributed by atoms with Gasteiger partial charge in [-0.15, -0.1) is 0 Å². The average molecular weight is 669 g/mol. The first-order chi connectivity index (χ1) is 24.8. The highest BCUT2D eigenvalue weighted by Crippen LogP contribution is 2.36. The van der Waals surface area contributed by atoms with Crippen LogP contribution in [0.4, 0.5) is 5.69 Å². The Morgan fingerprint density at radius 3 is 2.18 bits per heavy atom. The minimum atomic E-state index is -0.372. The van der Waals surface area contributed by atoms with Crippen molar-refractivity contribution in [2.45, 2.75) is 0 Å². The van der Waals surface area contributed by atoms with Gasteiger partial charge in [-0.2, -0.15) is 0 Å². The number of hydrogen-bond donors (Lipinski definition) is 7. The van der Waals surface area contributed by atoms with Crippen molar-refractivity contribution in [3.05, 3.63) is 148 Å². The molecule has 0 radical (unpaired) electrons. The number of nitrogens with one attached hydrogen (secondary N) is 5. The number of benzene rings is 4. The van der Waals surface area contributed by atoms with Crippen LogP contribution in [-0.4, -0.2) is 42.0 Å². The summed E-state index contributed by atoms with van der Waals surface area (Å²) in [7, 11) is 0. The van der Waals surface area contributed by atoms with E-state index in [1.165, 1.54) is 0 Å². The van der Waals surface area contributed by atoms with Gasteiger partial charge in [-0.1, -0.05) is 61.2 Å². The molecule has 10 nitrogen and oxygen atoms in total. The maximum Gasteiger partial charge on any atom is 0.279 e. The molecule has 0 bridgehead atoms. The minimum absolute atomic E-state index is 0.0874. The number of fused-ring (bicyclic) bond motifs is 4. The van der Waals surface area contributed by atoms with Crippen LogP contribution < -0.4 is 26.5 Å². The molecule has 10 heteroatoms. The number of phenols is 1. The topological polar surface area (TPSA) is 162 Å². The van der Waals surface area contributed by atoms with E-state index >= 15 is 0 Å². The smallest absolute Gasteiger partial charge is 0.279 e. The molecule has 2 aliphatic heterocycles. The second-order valence-electron chi connectivity index (χ2n) is 12.4. The normalized spacial score (nSPS) is 14.3. The summed E-state index contributed by atoms with van der Waals surface area (Å²) in [6, 6.07) is 31.9. The lowest BCUT2D eigenvalue weighted by molar-refractivity contribution is -0.112. The number of aromatic hydroxyl groups is 2. The summed E-state index contributed by atoms with van der Waals surface area (Å²) in [5.74, 6) is -0.397. The number of rotatable bonds is 3. The SMILES string of the molecule is C=c1[nH]c(-c2c[nH]c3ccccc23)c/c1=C1\C(=O)Nc2ccccc21.O=C1N=c2ccccc2=C1c1cc(-c2c[nH]c3ccc(O)cc23)[nH]c1O. The maximum atomic E-state index is 12.5. The van der Waals surface area contributed by atoms with Gasteiger partial charge in [0, 0.05) is 78.1 Å². The molecule has 0 saturated heterocycles. The number of aromatic nitrogens is 4. The fourth-order valence-electron chi connectivity index (χ4n) is 6.98. The maximum absolute atomic E-state index is 12.5. The molecule has 7 N–H and O–H groups in total. The number of phenolic OH excluding ortho intramolecular Hbond substituents is 1. The second kappa shape index (κ2) is 11.4. The van der Waals surface area contributed by atoms with Crippen LogP contribution in [0.15, 0.2) is 121 Å². The van der Waals surface area contributed by atoms with Crippen molar-refractivity contribution in [3.8, 4) is 34.1 Å². The fourth-order valence-corrected chi connectivity index (χ4v) is 6.98. The zero-order valence-electron chi connectivity index (χ0n) is 26.8. The molecule has 10 rings (SSSR count). The molecule has 246 valence electrons. The van der Waals surface area contributed by atoms with Crippen LogP contribution in [0.5, 0.6) is 11.6 Å². The zero-order chi connectivity index (χ0) is 34.8. The van der Waals surface area contributed by atoms with E-state index in [0.717, 1.165) is 60.4 Å². The van der Waals surface area contributed by atoms with E-state index in [0.29, 0.717) is 33.0 Å². The van der Waals surface area contributed by atoms with E-state index < -0.39 is 0 Å². The predicted octanol–water partition coefficient (Wildman–Crippen LogP) is 4.66. The van der Waals surface area contributed by atoms with Crippen molar-refractivity contribution >= 4 is 57.0 Å². The number of H-pyrrole nitrogens is 4. The Labute approximate surface area is 288 Å². The molecule has 0 atom stereocenters. The Balaban J connectivity index is 0.000000137. The molecule has 0 fully saturated rings. The lowest BCUT2D eigenvalue weighted by Crippen LogP contribution is -2.26. The quantitative estimate of drug-likeness (QED) is 0.146. The number of carbonyl (C=O) groups excluding carboxylic acids is 2. The molecule has 4 aromatic carbocycles. The highest BCUT2D eigenvalue weighted by atomic mass is 16.3. The van der Waals surface area contributed by atoms with E-state index in [1.54, 1.807) is 36.5 Å². The summed E-state index contributed by atoms with van der Waals surface area (Å²) >= 11 is 0. The first-order valence-corrected chi connectivity index (χ1v) is 16.2. The van der Waals surface area contributed by atoms with E-state index in [2.05, 4.69) is 42.9 Å². The van der Waals surface area contributed by atoms with Crippen molar-refractivity contribution in [3.63, 3.8) is 0 Å². The standard InChI is InChI=1S/C21H15N3O.C20H13N3O3/c1-12-15(20-14-7-3-5-9-18(14)24-21(20)25)10-19(23-12)16-11-22-17-8-4-2-6-13(16)17;24-10-5-6-15-12(7-10)14(9-21-15)17-8-13(19(25)23-17)18-11-3-1-2-4-16(11)22-20(18)26/h2-11,22-23H,1H2,(H,24,25);1-9,21,23-25H/b20-15+;. The summed E-state index contributed by atoms with van der Waals surface area (Å²) in [6.45, 7) is 4.12. The third kappa shape index (κ3) is 4.85. The summed E-state index contributed by atoms with van der Waals surface area (Å²) in [4.78, 5) is 41.6. The molecule has 0 saturated carbocycles. The highest BCUT2D eigenvalue weighted by molar-refractivity contribution is 6.31. The third-order valence-corrected chi connectivity index (χ3v) is 9.35. The van der Waals surface area contributed by atoms with Gasteiger partial charge < -0.3 is 35.5 Å². The van der Waals surface area contributed by atoms with Gasteiger partial charge in [-0.3, -0.25) is 9.59 Å². The Hall–Kier alpha value is -7.33. The Morgan fingerprint density at radius 2 is 1.31 bits per heavy atom. The van der Waals surface area contributed by atoms with Gasteiger partial charge in [0.1, 0.15) is 5.75 Å². The largest absolute Gasteiger partial charge is 0.508 e. The van der Waals surface area contributed by atoms with Gasteiger partial charge in [0.05, 0.1) is 27.8 Å². The monoisotopic (exact) mass is 668 g/mol. The zero-order valence-corrected chi connectivity index (χ0v) is 26.8. The van der Waals surface area contributed by atoms with Crippen LogP contribution in [-0.2, 0) is 9.59 Å². The van der Waals surface area contributed by atoms with Gasteiger partial charge in [0.25, 0.3) is 11.8 Å². The second-order valence-corrected chi connectivity index (χ2v) is 12.4. The molecular weight excluding hydrogens is 640 g/mol.